The Hall–Kier alpha value is -3.32. The van der Waals surface area contributed by atoms with Crippen LogP contribution < -0.4 is 0 Å². The third-order valence-corrected chi connectivity index (χ3v) is 4.70. The third-order valence-electron chi connectivity index (χ3n) is 4.70. The fourth-order valence-corrected chi connectivity index (χ4v) is 3.34. The largest absolute Gasteiger partial charge is 0.461 e. The van der Waals surface area contributed by atoms with Gasteiger partial charge in [-0.3, -0.25) is 4.90 Å². The highest BCUT2D eigenvalue weighted by molar-refractivity contribution is 5.47. The van der Waals surface area contributed by atoms with Gasteiger partial charge in [-0.05, 0) is 24.3 Å². The Labute approximate surface area is 156 Å². The standard InChI is InChI=1S/C20H18N6O/c1-2-5-17(6-3-1)26-14-16(23-24-26)13-25-9-8-18-15(12-25)11-21-20(22-18)19-7-4-10-27-19/h1-7,10-11,14H,8-9,12-13H2. The third kappa shape index (κ3) is 3.24. The number of hydrogen-bond acceptors (Lipinski definition) is 6. The van der Waals surface area contributed by atoms with E-state index in [0.29, 0.717) is 11.6 Å². The highest BCUT2D eigenvalue weighted by atomic mass is 16.3. The van der Waals surface area contributed by atoms with Gasteiger partial charge in [-0.25, -0.2) is 14.6 Å². The topological polar surface area (TPSA) is 72.9 Å². The first-order valence-electron chi connectivity index (χ1n) is 8.93. The van der Waals surface area contributed by atoms with Gasteiger partial charge < -0.3 is 4.42 Å². The lowest BCUT2D eigenvalue weighted by Crippen LogP contribution is -2.31. The Morgan fingerprint density at radius 2 is 2.00 bits per heavy atom. The zero-order valence-electron chi connectivity index (χ0n) is 14.7. The van der Waals surface area contributed by atoms with Crippen LogP contribution in [-0.4, -0.2) is 36.4 Å². The Balaban J connectivity index is 1.30. The molecule has 0 N–H and O–H groups in total. The van der Waals surface area contributed by atoms with Gasteiger partial charge in [-0.15, -0.1) is 5.10 Å². The first-order valence-corrected chi connectivity index (χ1v) is 8.93. The maximum Gasteiger partial charge on any atom is 0.195 e. The number of fused-ring (bicyclic) bond motifs is 1. The van der Waals surface area contributed by atoms with Crippen molar-refractivity contribution >= 4 is 0 Å². The fraction of sp³-hybridized carbons (Fsp3) is 0.200. The lowest BCUT2D eigenvalue weighted by molar-refractivity contribution is 0.240. The van der Waals surface area contributed by atoms with E-state index < -0.39 is 0 Å². The first-order chi connectivity index (χ1) is 13.3. The van der Waals surface area contributed by atoms with Gasteiger partial charge >= 0.3 is 0 Å². The maximum atomic E-state index is 5.40. The second-order valence-corrected chi connectivity index (χ2v) is 6.59. The number of rotatable bonds is 4. The van der Waals surface area contributed by atoms with Gasteiger partial charge in [0, 0.05) is 37.8 Å². The van der Waals surface area contributed by atoms with Crippen molar-refractivity contribution in [2.75, 3.05) is 6.54 Å². The van der Waals surface area contributed by atoms with E-state index >= 15 is 0 Å². The van der Waals surface area contributed by atoms with Crippen molar-refractivity contribution in [2.24, 2.45) is 0 Å². The van der Waals surface area contributed by atoms with E-state index in [4.69, 9.17) is 4.42 Å². The van der Waals surface area contributed by atoms with Gasteiger partial charge in [-0.1, -0.05) is 23.4 Å². The minimum Gasteiger partial charge on any atom is -0.461 e. The van der Waals surface area contributed by atoms with Crippen LogP contribution in [-0.2, 0) is 19.5 Å². The Morgan fingerprint density at radius 3 is 2.85 bits per heavy atom. The molecule has 0 spiro atoms. The molecule has 0 atom stereocenters. The summed E-state index contributed by atoms with van der Waals surface area (Å²) in [5, 5.41) is 8.56. The van der Waals surface area contributed by atoms with E-state index in [0.717, 1.165) is 48.7 Å². The molecule has 1 aromatic carbocycles. The van der Waals surface area contributed by atoms with Gasteiger partial charge in [0.2, 0.25) is 0 Å². The lowest BCUT2D eigenvalue weighted by atomic mass is 10.1. The zero-order valence-corrected chi connectivity index (χ0v) is 14.7. The molecule has 27 heavy (non-hydrogen) atoms. The summed E-state index contributed by atoms with van der Waals surface area (Å²) in [6.07, 6.45) is 6.43. The molecule has 0 radical (unpaired) electrons. The predicted octanol–water partition coefficient (Wildman–Crippen LogP) is 2.88. The summed E-state index contributed by atoms with van der Waals surface area (Å²) >= 11 is 0. The molecule has 1 aliphatic heterocycles. The molecule has 0 unspecified atom stereocenters. The zero-order chi connectivity index (χ0) is 18.1. The molecule has 0 amide bonds. The summed E-state index contributed by atoms with van der Waals surface area (Å²) in [5.41, 5.74) is 4.22. The molecule has 0 fully saturated rings. The van der Waals surface area contributed by atoms with Crippen LogP contribution in [0.1, 0.15) is 17.0 Å². The molecule has 0 bridgehead atoms. The molecule has 1 aliphatic rings. The molecule has 0 saturated carbocycles. The van der Waals surface area contributed by atoms with Crippen LogP contribution in [0.4, 0.5) is 0 Å². The Morgan fingerprint density at radius 1 is 1.07 bits per heavy atom. The highest BCUT2D eigenvalue weighted by Crippen LogP contribution is 2.22. The van der Waals surface area contributed by atoms with E-state index in [1.54, 1.807) is 6.26 Å². The van der Waals surface area contributed by atoms with Crippen molar-refractivity contribution in [3.63, 3.8) is 0 Å². The molecule has 0 saturated heterocycles. The van der Waals surface area contributed by atoms with Crippen LogP contribution in [0.15, 0.2) is 65.5 Å². The minimum absolute atomic E-state index is 0.651. The van der Waals surface area contributed by atoms with Crippen LogP contribution >= 0.6 is 0 Å². The maximum absolute atomic E-state index is 5.40. The molecule has 134 valence electrons. The monoisotopic (exact) mass is 358 g/mol. The molecule has 0 aliphatic carbocycles. The molecular formula is C20H18N6O. The normalized spacial score (nSPS) is 14.2. The summed E-state index contributed by atoms with van der Waals surface area (Å²) in [4.78, 5) is 11.5. The van der Waals surface area contributed by atoms with E-state index in [-0.39, 0.29) is 0 Å². The van der Waals surface area contributed by atoms with E-state index in [2.05, 4.69) is 25.2 Å². The van der Waals surface area contributed by atoms with Gasteiger partial charge in [0.1, 0.15) is 0 Å². The van der Waals surface area contributed by atoms with Gasteiger partial charge in [0.05, 0.1) is 29.5 Å². The smallest absolute Gasteiger partial charge is 0.195 e. The van der Waals surface area contributed by atoms with Crippen molar-refractivity contribution in [1.29, 1.82) is 0 Å². The molecule has 4 aromatic rings. The van der Waals surface area contributed by atoms with Crippen LogP contribution in [0.25, 0.3) is 17.3 Å². The van der Waals surface area contributed by atoms with Crippen molar-refractivity contribution in [3.05, 3.63) is 78.1 Å². The molecular weight excluding hydrogens is 340 g/mol. The number of nitrogens with zero attached hydrogens (tertiary/aromatic N) is 6. The number of hydrogen-bond donors (Lipinski definition) is 0. The summed E-state index contributed by atoms with van der Waals surface area (Å²) in [7, 11) is 0. The minimum atomic E-state index is 0.651. The fourth-order valence-electron chi connectivity index (χ4n) is 3.34. The molecule has 3 aromatic heterocycles. The van der Waals surface area contributed by atoms with Crippen LogP contribution in [0.2, 0.25) is 0 Å². The Kier molecular flexibility index (Phi) is 3.99. The molecule has 4 heterocycles. The van der Waals surface area contributed by atoms with Gasteiger partial charge in [0.25, 0.3) is 0 Å². The number of benzene rings is 1. The lowest BCUT2D eigenvalue weighted by Gasteiger charge is -2.27. The average Bonchev–Trinajstić information content (AvgIpc) is 3.41. The Bertz CT molecular complexity index is 1040. The quantitative estimate of drug-likeness (QED) is 0.558. The SMILES string of the molecule is c1ccc(-n2cc(CN3CCc4nc(-c5ccco5)ncc4C3)nn2)cc1. The number of furan rings is 1. The molecule has 7 nitrogen and oxygen atoms in total. The summed E-state index contributed by atoms with van der Waals surface area (Å²) in [6, 6.07) is 13.7. The summed E-state index contributed by atoms with van der Waals surface area (Å²) < 4.78 is 7.21. The van der Waals surface area contributed by atoms with Crippen LogP contribution in [0.3, 0.4) is 0 Å². The van der Waals surface area contributed by atoms with Gasteiger partial charge in [0.15, 0.2) is 11.6 Å². The van der Waals surface area contributed by atoms with Crippen LogP contribution in [0, 0.1) is 0 Å². The van der Waals surface area contributed by atoms with E-state index in [1.807, 2.05) is 59.5 Å². The average molecular weight is 358 g/mol. The van der Waals surface area contributed by atoms with E-state index in [9.17, 15) is 0 Å². The number of para-hydroxylation sites is 1. The molecule has 5 rings (SSSR count). The van der Waals surface area contributed by atoms with Crippen LogP contribution in [0.5, 0.6) is 0 Å². The highest BCUT2D eigenvalue weighted by Gasteiger charge is 2.20. The van der Waals surface area contributed by atoms with Gasteiger partial charge in [-0.2, -0.15) is 0 Å². The van der Waals surface area contributed by atoms with Crippen molar-refractivity contribution < 1.29 is 4.42 Å². The number of aromatic nitrogens is 5. The predicted molar refractivity (Wildman–Crippen MR) is 98.9 cm³/mol. The van der Waals surface area contributed by atoms with Crippen molar-refractivity contribution in [1.82, 2.24) is 29.9 Å². The second kappa shape index (κ2) is 6.77. The summed E-state index contributed by atoms with van der Waals surface area (Å²) in [5.74, 6) is 1.36. The summed E-state index contributed by atoms with van der Waals surface area (Å²) in [6.45, 7) is 2.50. The van der Waals surface area contributed by atoms with Crippen molar-refractivity contribution in [3.8, 4) is 17.3 Å². The van der Waals surface area contributed by atoms with Crippen molar-refractivity contribution in [2.45, 2.75) is 19.5 Å². The van der Waals surface area contributed by atoms with E-state index in [1.165, 1.54) is 0 Å². The first kappa shape index (κ1) is 15.9. The second-order valence-electron chi connectivity index (χ2n) is 6.59. The molecule has 7 heteroatoms.